The lowest BCUT2D eigenvalue weighted by atomic mass is 10.2. The van der Waals surface area contributed by atoms with Crippen LogP contribution in [0.1, 0.15) is 5.56 Å². The van der Waals surface area contributed by atoms with E-state index < -0.39 is 22.1 Å². The minimum Gasteiger partial charge on any atom is -0.497 e. The Kier molecular flexibility index (Phi) is 5.98. The van der Waals surface area contributed by atoms with Crippen molar-refractivity contribution in [3.05, 3.63) is 48.0 Å². The molecule has 0 unspecified atom stereocenters. The lowest BCUT2D eigenvalue weighted by Gasteiger charge is -2.13. The van der Waals surface area contributed by atoms with Crippen molar-refractivity contribution in [1.82, 2.24) is 4.72 Å². The summed E-state index contributed by atoms with van der Waals surface area (Å²) in [6.07, 6.45) is -4.91. The number of hydrogen-bond donors (Lipinski definition) is 1. The predicted octanol–water partition coefficient (Wildman–Crippen LogP) is 3.08. The number of alkyl halides is 3. The smallest absolute Gasteiger partial charge is 0.497 e. The van der Waals surface area contributed by atoms with Gasteiger partial charge in [0.1, 0.15) is 17.2 Å². The number of ether oxygens (including phenoxy) is 3. The van der Waals surface area contributed by atoms with E-state index in [-0.39, 0.29) is 11.4 Å². The molecule has 2 rings (SSSR count). The normalized spacial score (nSPS) is 11.9. The van der Waals surface area contributed by atoms with E-state index in [1.165, 1.54) is 14.2 Å². The summed E-state index contributed by atoms with van der Waals surface area (Å²) in [5.74, 6) is 0.308. The van der Waals surface area contributed by atoms with Crippen LogP contribution in [-0.2, 0) is 16.6 Å². The average molecular weight is 391 g/mol. The Morgan fingerprint density at radius 1 is 1.00 bits per heavy atom. The van der Waals surface area contributed by atoms with Crippen LogP contribution < -0.4 is 18.9 Å². The highest BCUT2D eigenvalue weighted by atomic mass is 32.2. The third-order valence-electron chi connectivity index (χ3n) is 3.29. The van der Waals surface area contributed by atoms with Crippen molar-refractivity contribution in [2.45, 2.75) is 17.8 Å². The van der Waals surface area contributed by atoms with Gasteiger partial charge in [0, 0.05) is 18.2 Å². The molecule has 2 aromatic carbocycles. The van der Waals surface area contributed by atoms with Crippen molar-refractivity contribution in [2.24, 2.45) is 0 Å². The maximum atomic E-state index is 12.4. The molecule has 0 aliphatic heterocycles. The summed E-state index contributed by atoms with van der Waals surface area (Å²) in [4.78, 5) is -0.360. The van der Waals surface area contributed by atoms with Gasteiger partial charge in [-0.25, -0.2) is 13.1 Å². The summed E-state index contributed by atoms with van der Waals surface area (Å²) >= 11 is 0. The molecule has 1 N–H and O–H groups in total. The SMILES string of the molecule is COc1ccc(OC)c(CNS(=O)(=O)c2cccc(OC(F)(F)F)c2)c1. The topological polar surface area (TPSA) is 73.9 Å². The quantitative estimate of drug-likeness (QED) is 0.785. The van der Waals surface area contributed by atoms with Gasteiger partial charge in [-0.2, -0.15) is 0 Å². The van der Waals surface area contributed by atoms with Crippen molar-refractivity contribution in [3.8, 4) is 17.2 Å². The lowest BCUT2D eigenvalue weighted by Crippen LogP contribution is -2.24. The summed E-state index contributed by atoms with van der Waals surface area (Å²) in [7, 11) is -1.19. The van der Waals surface area contributed by atoms with Gasteiger partial charge in [-0.05, 0) is 30.3 Å². The Bertz CT molecular complexity index is 868. The van der Waals surface area contributed by atoms with Crippen molar-refractivity contribution in [2.75, 3.05) is 14.2 Å². The van der Waals surface area contributed by atoms with Crippen LogP contribution in [0.5, 0.6) is 17.2 Å². The summed E-state index contributed by atoms with van der Waals surface area (Å²) in [5, 5.41) is 0. The molecule has 2 aromatic rings. The van der Waals surface area contributed by atoms with Gasteiger partial charge in [0.25, 0.3) is 0 Å². The third kappa shape index (κ3) is 5.27. The molecule has 142 valence electrons. The zero-order valence-electron chi connectivity index (χ0n) is 13.8. The molecule has 0 saturated heterocycles. The molecular formula is C16H16F3NO5S. The Morgan fingerprint density at radius 2 is 1.73 bits per heavy atom. The third-order valence-corrected chi connectivity index (χ3v) is 4.69. The molecule has 0 fully saturated rings. The first kappa shape index (κ1) is 19.9. The van der Waals surface area contributed by atoms with Gasteiger partial charge in [-0.1, -0.05) is 6.07 Å². The number of hydrogen-bond acceptors (Lipinski definition) is 5. The molecule has 0 spiro atoms. The minimum absolute atomic E-state index is 0.146. The number of nitrogens with one attached hydrogen (secondary N) is 1. The maximum Gasteiger partial charge on any atom is 0.573 e. The van der Waals surface area contributed by atoms with Crippen LogP contribution in [0.3, 0.4) is 0 Å². The second-order valence-electron chi connectivity index (χ2n) is 5.02. The van der Waals surface area contributed by atoms with Crippen molar-refractivity contribution < 1.29 is 35.8 Å². The van der Waals surface area contributed by atoms with Crippen LogP contribution in [0.4, 0.5) is 13.2 Å². The molecule has 6 nitrogen and oxygen atoms in total. The molecule has 0 aliphatic rings. The number of methoxy groups -OCH3 is 2. The van der Waals surface area contributed by atoms with E-state index in [1.807, 2.05) is 0 Å². The predicted molar refractivity (Wildman–Crippen MR) is 86.7 cm³/mol. The lowest BCUT2D eigenvalue weighted by molar-refractivity contribution is -0.274. The molecule has 0 atom stereocenters. The van der Waals surface area contributed by atoms with Gasteiger partial charge in [-0.3, -0.25) is 0 Å². The van der Waals surface area contributed by atoms with Gasteiger partial charge in [-0.15, -0.1) is 13.2 Å². The molecule has 0 amide bonds. The second kappa shape index (κ2) is 7.83. The van der Waals surface area contributed by atoms with Crippen molar-refractivity contribution >= 4 is 10.0 Å². The van der Waals surface area contributed by atoms with E-state index in [9.17, 15) is 21.6 Å². The van der Waals surface area contributed by atoms with E-state index in [2.05, 4.69) is 9.46 Å². The molecule has 0 aromatic heterocycles. The zero-order chi connectivity index (χ0) is 19.4. The molecule has 0 bridgehead atoms. The minimum atomic E-state index is -4.91. The van der Waals surface area contributed by atoms with Crippen LogP contribution in [0.15, 0.2) is 47.4 Å². The van der Waals surface area contributed by atoms with Gasteiger partial charge in [0.15, 0.2) is 0 Å². The fourth-order valence-corrected chi connectivity index (χ4v) is 3.16. The first-order valence-electron chi connectivity index (χ1n) is 7.21. The molecule has 0 aliphatic carbocycles. The molecule has 0 heterocycles. The number of halogens is 3. The van der Waals surface area contributed by atoms with E-state index >= 15 is 0 Å². The maximum absolute atomic E-state index is 12.4. The van der Waals surface area contributed by atoms with Crippen LogP contribution in [0.25, 0.3) is 0 Å². The first-order valence-corrected chi connectivity index (χ1v) is 8.69. The van der Waals surface area contributed by atoms with Crippen LogP contribution >= 0.6 is 0 Å². The van der Waals surface area contributed by atoms with Crippen LogP contribution in [-0.4, -0.2) is 29.0 Å². The highest BCUT2D eigenvalue weighted by Crippen LogP contribution is 2.26. The summed E-state index contributed by atoms with van der Waals surface area (Å²) in [5.41, 5.74) is 0.498. The average Bonchev–Trinajstić information content (AvgIpc) is 2.58. The zero-order valence-corrected chi connectivity index (χ0v) is 14.6. The van der Waals surface area contributed by atoms with Crippen LogP contribution in [0, 0.1) is 0 Å². The van der Waals surface area contributed by atoms with E-state index in [1.54, 1.807) is 18.2 Å². The highest BCUT2D eigenvalue weighted by Gasteiger charge is 2.31. The first-order chi connectivity index (χ1) is 12.1. The monoisotopic (exact) mass is 391 g/mol. The Morgan fingerprint density at radius 3 is 2.35 bits per heavy atom. The largest absolute Gasteiger partial charge is 0.573 e. The van der Waals surface area contributed by atoms with E-state index in [0.29, 0.717) is 17.1 Å². The molecule has 10 heteroatoms. The van der Waals surface area contributed by atoms with Crippen molar-refractivity contribution in [3.63, 3.8) is 0 Å². The summed E-state index contributed by atoms with van der Waals surface area (Å²) in [6, 6.07) is 8.96. The van der Waals surface area contributed by atoms with Gasteiger partial charge >= 0.3 is 6.36 Å². The molecular weight excluding hydrogens is 375 g/mol. The highest BCUT2D eigenvalue weighted by molar-refractivity contribution is 7.89. The Balaban J connectivity index is 2.21. The van der Waals surface area contributed by atoms with Crippen molar-refractivity contribution in [1.29, 1.82) is 0 Å². The van der Waals surface area contributed by atoms with E-state index in [0.717, 1.165) is 24.3 Å². The Labute approximate surface area is 148 Å². The fourth-order valence-electron chi connectivity index (χ4n) is 2.11. The van der Waals surface area contributed by atoms with Gasteiger partial charge in [0.2, 0.25) is 10.0 Å². The number of benzene rings is 2. The second-order valence-corrected chi connectivity index (χ2v) is 6.79. The van der Waals surface area contributed by atoms with Gasteiger partial charge in [0.05, 0.1) is 19.1 Å². The van der Waals surface area contributed by atoms with E-state index in [4.69, 9.17) is 9.47 Å². The van der Waals surface area contributed by atoms with Crippen LogP contribution in [0.2, 0.25) is 0 Å². The summed E-state index contributed by atoms with van der Waals surface area (Å²) in [6.45, 7) is -0.146. The fraction of sp³-hybridized carbons (Fsp3) is 0.250. The Hall–Kier alpha value is -2.46. The molecule has 0 radical (unpaired) electrons. The summed E-state index contributed by atoms with van der Waals surface area (Å²) < 4.78 is 77.8. The number of sulfonamides is 1. The standard InChI is InChI=1S/C16H16F3NO5S/c1-23-12-6-7-15(24-2)11(8-12)10-20-26(21,22)14-5-3-4-13(9-14)25-16(17,18)19/h3-9,20H,10H2,1-2H3. The molecule has 0 saturated carbocycles. The number of rotatable bonds is 7. The molecule has 26 heavy (non-hydrogen) atoms. The van der Waals surface area contributed by atoms with Gasteiger partial charge < -0.3 is 14.2 Å².